The van der Waals surface area contributed by atoms with Crippen LogP contribution in [0.2, 0.25) is 0 Å². The van der Waals surface area contributed by atoms with Crippen LogP contribution in [-0.4, -0.2) is 41.8 Å². The molecule has 0 radical (unpaired) electrons. The van der Waals surface area contributed by atoms with Crippen LogP contribution in [0.1, 0.15) is 26.2 Å². The van der Waals surface area contributed by atoms with Crippen LogP contribution in [0, 0.1) is 5.92 Å². The highest BCUT2D eigenvalue weighted by atomic mass is 19.3. The molecule has 1 saturated heterocycles. The number of nitrogens with one attached hydrogen (secondary N) is 1. The Bertz CT molecular complexity index is 346. The van der Waals surface area contributed by atoms with Crippen molar-refractivity contribution in [3.63, 3.8) is 0 Å². The molecule has 96 valence electrons. The molecule has 1 N–H and O–H groups in total. The molecule has 1 aliphatic heterocycles. The average molecular weight is 246 g/mol. The van der Waals surface area contributed by atoms with Crippen molar-refractivity contribution in [3.8, 4) is 0 Å². The maximum atomic E-state index is 13.0. The molecule has 17 heavy (non-hydrogen) atoms. The van der Waals surface area contributed by atoms with Crippen molar-refractivity contribution in [2.24, 2.45) is 5.92 Å². The number of hydrogen-bond acceptors (Lipinski definition) is 3. The SMILES string of the molecule is CC1NCC(=O)N(CC2CCC(F)(F)C2)C1=O. The first kappa shape index (κ1) is 12.4. The van der Waals surface area contributed by atoms with Crippen molar-refractivity contribution in [1.82, 2.24) is 10.2 Å². The van der Waals surface area contributed by atoms with Crippen molar-refractivity contribution < 1.29 is 18.4 Å². The lowest BCUT2D eigenvalue weighted by molar-refractivity contribution is -0.149. The van der Waals surface area contributed by atoms with E-state index in [-0.39, 0.29) is 43.7 Å². The van der Waals surface area contributed by atoms with Crippen LogP contribution in [-0.2, 0) is 9.59 Å². The van der Waals surface area contributed by atoms with Crippen molar-refractivity contribution in [1.29, 1.82) is 0 Å². The largest absolute Gasteiger partial charge is 0.298 e. The number of rotatable bonds is 2. The lowest BCUT2D eigenvalue weighted by Gasteiger charge is -2.31. The predicted octanol–water partition coefficient (Wildman–Crippen LogP) is 0.769. The van der Waals surface area contributed by atoms with Gasteiger partial charge in [0, 0.05) is 19.4 Å². The van der Waals surface area contributed by atoms with E-state index in [0.29, 0.717) is 6.42 Å². The fraction of sp³-hybridized carbons (Fsp3) is 0.818. The Labute approximate surface area is 98.3 Å². The molecule has 4 nitrogen and oxygen atoms in total. The number of nitrogens with zero attached hydrogens (tertiary/aromatic N) is 1. The van der Waals surface area contributed by atoms with Crippen molar-refractivity contribution >= 4 is 11.8 Å². The summed E-state index contributed by atoms with van der Waals surface area (Å²) >= 11 is 0. The fourth-order valence-electron chi connectivity index (χ4n) is 2.43. The zero-order chi connectivity index (χ0) is 12.6. The number of carbonyl (C=O) groups is 2. The number of amides is 2. The van der Waals surface area contributed by atoms with Crippen LogP contribution in [0.4, 0.5) is 8.78 Å². The smallest absolute Gasteiger partial charge is 0.248 e. The van der Waals surface area contributed by atoms with Crippen LogP contribution in [0.3, 0.4) is 0 Å². The number of halogens is 2. The Kier molecular flexibility index (Phi) is 3.16. The van der Waals surface area contributed by atoms with Gasteiger partial charge in [-0.2, -0.15) is 0 Å². The monoisotopic (exact) mass is 246 g/mol. The van der Waals surface area contributed by atoms with Crippen molar-refractivity contribution in [3.05, 3.63) is 0 Å². The molecular weight excluding hydrogens is 230 g/mol. The van der Waals surface area contributed by atoms with Crippen LogP contribution in [0.5, 0.6) is 0 Å². The van der Waals surface area contributed by atoms with Gasteiger partial charge in [0.15, 0.2) is 0 Å². The molecule has 2 fully saturated rings. The standard InChI is InChI=1S/C11H16F2N2O2/c1-7-10(17)15(9(16)5-14-7)6-8-2-3-11(12,13)4-8/h7-8,14H,2-6H2,1H3. The third-order valence-electron chi connectivity index (χ3n) is 3.44. The molecule has 0 aromatic rings. The molecule has 6 heteroatoms. The Hall–Kier alpha value is -1.04. The van der Waals surface area contributed by atoms with E-state index in [1.54, 1.807) is 6.92 Å². The fourth-order valence-corrected chi connectivity index (χ4v) is 2.43. The summed E-state index contributed by atoms with van der Waals surface area (Å²) in [6.07, 6.45) is 0.0272. The van der Waals surface area contributed by atoms with Gasteiger partial charge < -0.3 is 0 Å². The summed E-state index contributed by atoms with van der Waals surface area (Å²) in [5, 5.41) is 2.76. The Balaban J connectivity index is 1.98. The minimum Gasteiger partial charge on any atom is -0.298 e. The van der Waals surface area contributed by atoms with E-state index in [1.165, 1.54) is 0 Å². The first-order chi connectivity index (χ1) is 7.89. The highest BCUT2D eigenvalue weighted by Gasteiger charge is 2.42. The molecule has 1 saturated carbocycles. The number of imide groups is 1. The Morgan fingerprint density at radius 3 is 2.76 bits per heavy atom. The number of hydrogen-bond donors (Lipinski definition) is 1. The maximum absolute atomic E-state index is 13.0. The number of carbonyl (C=O) groups excluding carboxylic acids is 2. The summed E-state index contributed by atoms with van der Waals surface area (Å²) in [5.41, 5.74) is 0. The van der Waals surface area contributed by atoms with Crippen LogP contribution < -0.4 is 5.32 Å². The predicted molar refractivity (Wildman–Crippen MR) is 56.5 cm³/mol. The summed E-state index contributed by atoms with van der Waals surface area (Å²) in [6, 6.07) is -0.408. The summed E-state index contributed by atoms with van der Waals surface area (Å²) < 4.78 is 26.0. The van der Waals surface area contributed by atoms with Gasteiger partial charge in [-0.05, 0) is 19.3 Å². The van der Waals surface area contributed by atoms with E-state index in [1.807, 2.05) is 0 Å². The van der Waals surface area contributed by atoms with Gasteiger partial charge in [0.25, 0.3) is 0 Å². The van der Waals surface area contributed by atoms with Gasteiger partial charge in [0.1, 0.15) is 0 Å². The van der Waals surface area contributed by atoms with E-state index < -0.39 is 12.0 Å². The molecule has 2 aliphatic rings. The van der Waals surface area contributed by atoms with Crippen LogP contribution in [0.15, 0.2) is 0 Å². The van der Waals surface area contributed by atoms with Crippen LogP contribution in [0.25, 0.3) is 0 Å². The minimum absolute atomic E-state index is 0.107. The molecule has 1 heterocycles. The van der Waals surface area contributed by atoms with E-state index in [4.69, 9.17) is 0 Å². The summed E-state index contributed by atoms with van der Waals surface area (Å²) in [4.78, 5) is 24.4. The third kappa shape index (κ3) is 2.62. The van der Waals surface area contributed by atoms with Gasteiger partial charge in [-0.15, -0.1) is 0 Å². The number of piperazine rings is 1. The normalized spacial score (nSPS) is 33.2. The zero-order valence-electron chi connectivity index (χ0n) is 9.71. The second kappa shape index (κ2) is 4.33. The Morgan fingerprint density at radius 1 is 1.47 bits per heavy atom. The van der Waals surface area contributed by atoms with Gasteiger partial charge in [0.05, 0.1) is 12.6 Å². The van der Waals surface area contributed by atoms with Crippen molar-refractivity contribution in [2.45, 2.75) is 38.2 Å². The molecular formula is C11H16F2N2O2. The quantitative estimate of drug-likeness (QED) is 0.732. The minimum atomic E-state index is -2.63. The summed E-state index contributed by atoms with van der Waals surface area (Å²) in [5.74, 6) is -3.51. The number of alkyl halides is 2. The Morgan fingerprint density at radius 2 is 2.18 bits per heavy atom. The molecule has 0 aromatic carbocycles. The summed E-state index contributed by atoms with van der Waals surface area (Å²) in [6.45, 7) is 1.92. The topological polar surface area (TPSA) is 49.4 Å². The van der Waals surface area contributed by atoms with Crippen LogP contribution >= 0.6 is 0 Å². The van der Waals surface area contributed by atoms with Gasteiger partial charge in [-0.3, -0.25) is 19.8 Å². The zero-order valence-corrected chi connectivity index (χ0v) is 9.71. The van der Waals surface area contributed by atoms with Gasteiger partial charge >= 0.3 is 0 Å². The second-order valence-corrected chi connectivity index (χ2v) is 4.91. The van der Waals surface area contributed by atoms with Gasteiger partial charge in [0.2, 0.25) is 17.7 Å². The van der Waals surface area contributed by atoms with E-state index in [2.05, 4.69) is 5.32 Å². The molecule has 1 aliphatic carbocycles. The highest BCUT2D eigenvalue weighted by Crippen LogP contribution is 2.39. The third-order valence-corrected chi connectivity index (χ3v) is 3.44. The lowest BCUT2D eigenvalue weighted by Crippen LogP contribution is -2.57. The molecule has 0 spiro atoms. The first-order valence-corrected chi connectivity index (χ1v) is 5.84. The highest BCUT2D eigenvalue weighted by molar-refractivity contribution is 6.00. The van der Waals surface area contributed by atoms with Crippen molar-refractivity contribution in [2.75, 3.05) is 13.1 Å². The molecule has 0 aromatic heterocycles. The first-order valence-electron chi connectivity index (χ1n) is 5.84. The van der Waals surface area contributed by atoms with E-state index >= 15 is 0 Å². The molecule has 0 bridgehead atoms. The summed E-state index contributed by atoms with van der Waals surface area (Å²) in [7, 11) is 0. The molecule has 2 unspecified atom stereocenters. The van der Waals surface area contributed by atoms with Gasteiger partial charge in [-0.1, -0.05) is 0 Å². The van der Waals surface area contributed by atoms with E-state index in [9.17, 15) is 18.4 Å². The molecule has 2 amide bonds. The second-order valence-electron chi connectivity index (χ2n) is 4.91. The lowest BCUT2D eigenvalue weighted by atomic mass is 10.1. The average Bonchev–Trinajstić information content (AvgIpc) is 2.59. The maximum Gasteiger partial charge on any atom is 0.248 e. The molecule has 2 atom stereocenters. The van der Waals surface area contributed by atoms with E-state index in [0.717, 1.165) is 4.90 Å². The molecule has 2 rings (SSSR count). The van der Waals surface area contributed by atoms with Gasteiger partial charge in [-0.25, -0.2) is 8.78 Å².